The zero-order chi connectivity index (χ0) is 11.9. The number of alkyl halides is 1. The first-order chi connectivity index (χ1) is 6.68. The molecule has 0 aromatic carbocycles. The van der Waals surface area contributed by atoms with Crippen molar-refractivity contribution in [2.24, 2.45) is 5.41 Å². The van der Waals surface area contributed by atoms with E-state index in [0.717, 1.165) is 4.86 Å². The van der Waals surface area contributed by atoms with Crippen molar-refractivity contribution in [1.29, 1.82) is 0 Å². The second kappa shape index (κ2) is 4.26. The summed E-state index contributed by atoms with van der Waals surface area (Å²) in [4.78, 5) is 11.9. The van der Waals surface area contributed by atoms with Crippen LogP contribution in [0.15, 0.2) is 10.6 Å². The van der Waals surface area contributed by atoms with Gasteiger partial charge in [-0.25, -0.2) is 4.79 Å². The van der Waals surface area contributed by atoms with E-state index in [4.69, 9.17) is 17.0 Å². The predicted molar refractivity (Wildman–Crippen MR) is 71.4 cm³/mol. The molecular formula is C10H12Br2O2S. The van der Waals surface area contributed by atoms with Gasteiger partial charge in [-0.05, 0) is 43.7 Å². The van der Waals surface area contributed by atoms with Gasteiger partial charge in [-0.2, -0.15) is 0 Å². The van der Waals surface area contributed by atoms with E-state index in [2.05, 4.69) is 52.6 Å². The molecule has 1 aliphatic heterocycles. The Morgan fingerprint density at radius 1 is 1.60 bits per heavy atom. The molecule has 5 heteroatoms. The minimum atomic E-state index is -0.930. The number of carbonyl (C=O) groups excluding carboxylic acids is 1. The molecule has 1 fully saturated rings. The van der Waals surface area contributed by atoms with Crippen LogP contribution >= 0.6 is 44.1 Å². The number of epoxide rings is 1. The Labute approximate surface area is 112 Å². The number of hydrogen-bond acceptors (Lipinski definition) is 3. The van der Waals surface area contributed by atoms with Gasteiger partial charge in [0.15, 0.2) is 0 Å². The van der Waals surface area contributed by atoms with Crippen LogP contribution in [0.25, 0.3) is 0 Å². The lowest BCUT2D eigenvalue weighted by Gasteiger charge is -2.18. The Kier molecular flexibility index (Phi) is 3.78. The van der Waals surface area contributed by atoms with Gasteiger partial charge in [0.25, 0.3) is 4.51 Å². The van der Waals surface area contributed by atoms with Crippen molar-refractivity contribution in [3.05, 3.63) is 10.6 Å². The summed E-state index contributed by atoms with van der Waals surface area (Å²) in [6, 6.07) is 0. The van der Waals surface area contributed by atoms with Crippen LogP contribution in [0, 0.1) is 5.41 Å². The molecule has 1 aliphatic rings. The van der Waals surface area contributed by atoms with Crippen LogP contribution < -0.4 is 0 Å². The van der Waals surface area contributed by atoms with E-state index in [-0.39, 0.29) is 11.4 Å². The van der Waals surface area contributed by atoms with E-state index in [1.807, 2.05) is 6.08 Å². The van der Waals surface area contributed by atoms with Gasteiger partial charge >= 0.3 is 5.97 Å². The fourth-order valence-corrected chi connectivity index (χ4v) is 1.67. The van der Waals surface area contributed by atoms with Gasteiger partial charge < -0.3 is 4.74 Å². The first-order valence-electron chi connectivity index (χ1n) is 4.49. The lowest BCUT2D eigenvalue weighted by Crippen LogP contribution is -2.17. The number of thiocarbonyl (C=S) groups is 1. The standard InChI is InChI=1S/C10H12Br2O2S/c1-9(2,3)7(15)5-4-6(11)10(12)8(13)14-10/h4H,5H2,1-3H3/t10-/m1/s1. The van der Waals surface area contributed by atoms with Gasteiger partial charge in [0.2, 0.25) is 0 Å². The van der Waals surface area contributed by atoms with Gasteiger partial charge in [-0.1, -0.05) is 39.1 Å². The van der Waals surface area contributed by atoms with Crippen LogP contribution in [0.2, 0.25) is 0 Å². The van der Waals surface area contributed by atoms with E-state index in [9.17, 15) is 4.79 Å². The molecule has 0 unspecified atom stereocenters. The summed E-state index contributed by atoms with van der Waals surface area (Å²) < 4.78 is 4.56. The van der Waals surface area contributed by atoms with Crippen LogP contribution in [-0.2, 0) is 9.53 Å². The fourth-order valence-electron chi connectivity index (χ4n) is 0.868. The minimum Gasteiger partial charge on any atom is -0.427 e. The third kappa shape index (κ3) is 3.11. The number of halogens is 2. The maximum absolute atomic E-state index is 10.9. The highest BCUT2D eigenvalue weighted by molar-refractivity contribution is 9.14. The van der Waals surface area contributed by atoms with Crippen LogP contribution in [0.5, 0.6) is 0 Å². The molecule has 1 rings (SSSR count). The number of hydrogen-bond donors (Lipinski definition) is 0. The molecule has 0 aliphatic carbocycles. The highest BCUT2D eigenvalue weighted by atomic mass is 79.9. The van der Waals surface area contributed by atoms with Gasteiger partial charge in [0.1, 0.15) is 0 Å². The smallest absolute Gasteiger partial charge is 0.369 e. The molecule has 2 nitrogen and oxygen atoms in total. The van der Waals surface area contributed by atoms with Gasteiger partial charge in [0.05, 0.1) is 4.48 Å². The van der Waals surface area contributed by atoms with E-state index >= 15 is 0 Å². The molecule has 1 saturated heterocycles. The second-order valence-corrected chi connectivity index (χ2v) is 6.88. The van der Waals surface area contributed by atoms with Crippen molar-refractivity contribution in [2.45, 2.75) is 31.7 Å². The molecule has 0 saturated carbocycles. The number of carbonyl (C=O) groups is 1. The number of rotatable bonds is 3. The average molecular weight is 356 g/mol. The van der Waals surface area contributed by atoms with Crippen LogP contribution in [0.3, 0.4) is 0 Å². The van der Waals surface area contributed by atoms with E-state index < -0.39 is 4.51 Å². The predicted octanol–water partition coefficient (Wildman–Crippen LogP) is 3.72. The summed E-state index contributed by atoms with van der Waals surface area (Å²) in [5, 5.41) is 0. The molecule has 84 valence electrons. The number of ether oxygens (including phenoxy) is 1. The minimum absolute atomic E-state index is 0.00695. The largest absolute Gasteiger partial charge is 0.427 e. The summed E-state index contributed by atoms with van der Waals surface area (Å²) in [7, 11) is 0. The molecule has 0 amide bonds. The molecule has 1 atom stereocenters. The number of cyclic esters (lactones) is 1. The maximum atomic E-state index is 10.9. The monoisotopic (exact) mass is 354 g/mol. The number of allylic oxidation sites excluding steroid dienone is 1. The normalized spacial score (nSPS) is 26.2. The highest BCUT2D eigenvalue weighted by Gasteiger charge is 2.58. The van der Waals surface area contributed by atoms with Crippen LogP contribution in [0.4, 0.5) is 0 Å². The van der Waals surface area contributed by atoms with E-state index in [1.165, 1.54) is 0 Å². The third-order valence-corrected chi connectivity index (χ3v) is 5.17. The van der Waals surface area contributed by atoms with Crippen molar-refractivity contribution in [2.75, 3.05) is 0 Å². The van der Waals surface area contributed by atoms with Crippen molar-refractivity contribution in [1.82, 2.24) is 0 Å². The van der Waals surface area contributed by atoms with Crippen LogP contribution in [0.1, 0.15) is 27.2 Å². The molecule has 0 radical (unpaired) electrons. The molecule has 0 aromatic rings. The van der Waals surface area contributed by atoms with Gasteiger partial charge in [-0.3, -0.25) is 0 Å². The second-order valence-electron chi connectivity index (χ2n) is 4.41. The quantitative estimate of drug-likeness (QED) is 0.439. The lowest BCUT2D eigenvalue weighted by atomic mass is 9.90. The third-order valence-electron chi connectivity index (χ3n) is 2.06. The molecule has 1 heterocycles. The van der Waals surface area contributed by atoms with Crippen molar-refractivity contribution < 1.29 is 9.53 Å². The Morgan fingerprint density at radius 3 is 2.40 bits per heavy atom. The van der Waals surface area contributed by atoms with Gasteiger partial charge in [-0.15, -0.1) is 0 Å². The van der Waals surface area contributed by atoms with Crippen molar-refractivity contribution in [3.63, 3.8) is 0 Å². The molecule has 0 bridgehead atoms. The molecule has 0 aromatic heterocycles. The summed E-state index contributed by atoms with van der Waals surface area (Å²) in [5.74, 6) is -0.271. The zero-order valence-corrected chi connectivity index (χ0v) is 12.8. The van der Waals surface area contributed by atoms with Crippen molar-refractivity contribution >= 4 is 54.9 Å². The van der Waals surface area contributed by atoms with E-state index in [0.29, 0.717) is 10.9 Å². The maximum Gasteiger partial charge on any atom is 0.369 e. The zero-order valence-electron chi connectivity index (χ0n) is 8.77. The lowest BCUT2D eigenvalue weighted by molar-refractivity contribution is -0.117. The Balaban J connectivity index is 2.60. The first kappa shape index (κ1) is 13.3. The molecular weight excluding hydrogens is 344 g/mol. The molecule has 15 heavy (non-hydrogen) atoms. The SMILES string of the molecule is CC(C)(C)C(=S)CC=C(Br)[C@@]1(Br)OC1=O. The summed E-state index contributed by atoms with van der Waals surface area (Å²) in [5.41, 5.74) is 0.00695. The summed E-state index contributed by atoms with van der Waals surface area (Å²) in [6.45, 7) is 6.21. The Hall–Kier alpha value is 0.260. The molecule has 0 N–H and O–H groups in total. The Bertz CT molecular complexity index is 344. The van der Waals surface area contributed by atoms with E-state index in [1.54, 1.807) is 0 Å². The first-order valence-corrected chi connectivity index (χ1v) is 6.49. The molecule has 0 spiro atoms. The fraction of sp³-hybridized carbons (Fsp3) is 0.600. The highest BCUT2D eigenvalue weighted by Crippen LogP contribution is 2.46. The average Bonchev–Trinajstić information content (AvgIpc) is 2.69. The van der Waals surface area contributed by atoms with Crippen LogP contribution in [-0.4, -0.2) is 15.3 Å². The summed E-state index contributed by atoms with van der Waals surface area (Å²) >= 11 is 11.8. The topological polar surface area (TPSA) is 29.6 Å². The Morgan fingerprint density at radius 2 is 2.07 bits per heavy atom. The van der Waals surface area contributed by atoms with Crippen molar-refractivity contribution in [3.8, 4) is 0 Å². The summed E-state index contributed by atoms with van der Waals surface area (Å²) in [6.07, 6.45) is 2.52. The van der Waals surface area contributed by atoms with Gasteiger partial charge in [0, 0.05) is 4.86 Å².